The molecule has 2 heterocycles. The first kappa shape index (κ1) is 30.4. The first-order chi connectivity index (χ1) is 17.5. The van der Waals surface area contributed by atoms with Crippen LogP contribution in [0.1, 0.15) is 53.9 Å². The number of ketones is 1. The molecule has 0 spiro atoms. The van der Waals surface area contributed by atoms with E-state index in [4.69, 9.17) is 9.47 Å². The van der Waals surface area contributed by atoms with Crippen molar-refractivity contribution in [3.05, 3.63) is 0 Å². The van der Waals surface area contributed by atoms with Crippen molar-refractivity contribution in [2.45, 2.75) is 72.0 Å². The van der Waals surface area contributed by atoms with Crippen LogP contribution in [0, 0.1) is 11.8 Å². The smallest absolute Gasteiger partial charge is 0.376 e. The lowest BCUT2D eigenvalue weighted by Gasteiger charge is -2.33. The zero-order chi connectivity index (χ0) is 27.7. The summed E-state index contributed by atoms with van der Waals surface area (Å²) in [4.78, 5) is 79.1. The maximum Gasteiger partial charge on any atom is 0.376 e. The molecule has 2 aliphatic rings. The number of Topliss-reactive ketones (excluding diaryl/α,β-unsaturated/α-hetero) is 1. The Balaban J connectivity index is 2.04. The second-order valence-corrected chi connectivity index (χ2v) is 9.98. The summed E-state index contributed by atoms with van der Waals surface area (Å²) in [7, 11) is 0. The number of morpholine rings is 1. The fourth-order valence-electron chi connectivity index (χ4n) is 4.67. The van der Waals surface area contributed by atoms with E-state index < -0.39 is 54.0 Å². The zero-order valence-electron chi connectivity index (χ0n) is 22.4. The fourth-order valence-corrected chi connectivity index (χ4v) is 4.67. The lowest BCUT2D eigenvalue weighted by atomic mass is 9.96. The molecule has 4 amide bonds. The minimum Gasteiger partial charge on any atom is -0.460 e. The Bertz CT molecular complexity index is 869. The average molecular weight is 525 g/mol. The van der Waals surface area contributed by atoms with Gasteiger partial charge in [-0.15, -0.1) is 0 Å². The number of amides is 4. The van der Waals surface area contributed by atoms with Crippen LogP contribution in [0.25, 0.3) is 0 Å². The van der Waals surface area contributed by atoms with Crippen LogP contribution in [-0.2, 0) is 38.2 Å². The van der Waals surface area contributed by atoms with Gasteiger partial charge in [0.1, 0.15) is 12.5 Å². The van der Waals surface area contributed by atoms with Crippen LogP contribution in [0.4, 0.5) is 0 Å². The minimum atomic E-state index is -1.04. The van der Waals surface area contributed by atoms with Crippen molar-refractivity contribution in [3.8, 4) is 0 Å². The number of ether oxygens (including phenoxy) is 2. The highest BCUT2D eigenvalue weighted by Gasteiger charge is 2.43. The van der Waals surface area contributed by atoms with Gasteiger partial charge in [-0.25, -0.2) is 4.79 Å². The summed E-state index contributed by atoms with van der Waals surface area (Å²) in [5.41, 5.74) is 0. The molecule has 2 aliphatic heterocycles. The molecular weight excluding hydrogens is 484 g/mol. The van der Waals surface area contributed by atoms with Crippen LogP contribution in [0.15, 0.2) is 0 Å². The topological polar surface area (TPSA) is 151 Å². The fraction of sp³-hybridized carbons (Fsp3) is 0.760. The van der Waals surface area contributed by atoms with E-state index in [2.05, 4.69) is 10.6 Å². The SMILES string of the molecule is CCOC(=O)C(=O)C(C(C)C)N1CCC[C@H]1C(=O)NC(=O)[C@@H](NC(=O)CC(=O)N1CCOCC1)C(C)C. The number of esters is 1. The predicted molar refractivity (Wildman–Crippen MR) is 132 cm³/mol. The number of carbonyl (C=O) groups excluding carboxylic acids is 6. The highest BCUT2D eigenvalue weighted by molar-refractivity contribution is 6.35. The van der Waals surface area contributed by atoms with Crippen molar-refractivity contribution in [1.82, 2.24) is 20.4 Å². The second-order valence-electron chi connectivity index (χ2n) is 9.98. The summed E-state index contributed by atoms with van der Waals surface area (Å²) in [6.45, 7) is 10.7. The first-order valence-electron chi connectivity index (χ1n) is 12.9. The summed E-state index contributed by atoms with van der Waals surface area (Å²) in [5.74, 6) is -4.56. The van der Waals surface area contributed by atoms with Crippen LogP contribution in [0.5, 0.6) is 0 Å². The summed E-state index contributed by atoms with van der Waals surface area (Å²) >= 11 is 0. The molecule has 2 rings (SSSR count). The molecular formula is C25H40N4O8. The van der Waals surface area contributed by atoms with Crippen LogP contribution in [0.3, 0.4) is 0 Å². The van der Waals surface area contributed by atoms with Gasteiger partial charge in [0, 0.05) is 13.1 Å². The third kappa shape index (κ3) is 8.32. The lowest BCUT2D eigenvalue weighted by Crippen LogP contribution is -2.57. The van der Waals surface area contributed by atoms with Gasteiger partial charge in [-0.3, -0.25) is 34.2 Å². The molecule has 0 radical (unpaired) electrons. The molecule has 0 aromatic carbocycles. The molecule has 2 saturated heterocycles. The molecule has 0 saturated carbocycles. The Hall–Kier alpha value is -2.86. The highest BCUT2D eigenvalue weighted by Crippen LogP contribution is 2.25. The molecule has 2 N–H and O–H groups in total. The van der Waals surface area contributed by atoms with E-state index in [9.17, 15) is 28.8 Å². The molecule has 1 unspecified atom stereocenters. The van der Waals surface area contributed by atoms with E-state index in [0.29, 0.717) is 45.7 Å². The third-order valence-corrected chi connectivity index (χ3v) is 6.52. The lowest BCUT2D eigenvalue weighted by molar-refractivity contribution is -0.157. The van der Waals surface area contributed by atoms with E-state index in [1.165, 1.54) is 4.90 Å². The summed E-state index contributed by atoms with van der Waals surface area (Å²) in [5, 5.41) is 4.94. The van der Waals surface area contributed by atoms with Gasteiger partial charge < -0.3 is 19.7 Å². The minimum absolute atomic E-state index is 0.0637. The number of imide groups is 1. The molecule has 0 aromatic rings. The Morgan fingerprint density at radius 1 is 0.973 bits per heavy atom. The molecule has 12 nitrogen and oxygen atoms in total. The number of nitrogens with one attached hydrogen (secondary N) is 2. The van der Waals surface area contributed by atoms with E-state index in [1.54, 1.807) is 39.5 Å². The van der Waals surface area contributed by atoms with Crippen molar-refractivity contribution in [2.24, 2.45) is 11.8 Å². The van der Waals surface area contributed by atoms with Crippen molar-refractivity contribution < 1.29 is 38.2 Å². The highest BCUT2D eigenvalue weighted by atomic mass is 16.5. The zero-order valence-corrected chi connectivity index (χ0v) is 22.4. The van der Waals surface area contributed by atoms with Crippen molar-refractivity contribution >= 4 is 35.4 Å². The number of nitrogens with zero attached hydrogens (tertiary/aromatic N) is 2. The molecule has 208 valence electrons. The molecule has 2 fully saturated rings. The number of hydrogen-bond acceptors (Lipinski definition) is 9. The molecule has 3 atom stereocenters. The van der Waals surface area contributed by atoms with Gasteiger partial charge in [0.05, 0.1) is 31.9 Å². The summed E-state index contributed by atoms with van der Waals surface area (Å²) in [6, 6.07) is -2.69. The van der Waals surface area contributed by atoms with Gasteiger partial charge in [-0.2, -0.15) is 0 Å². The van der Waals surface area contributed by atoms with Gasteiger partial charge in [0.25, 0.3) is 5.78 Å². The standard InChI is InChI=1S/C25H40N4O8/c1-6-37-25(35)22(32)21(16(4)5)29-9-7-8-17(29)23(33)27-24(34)20(15(2)3)26-18(30)14-19(31)28-10-12-36-13-11-28/h15-17,20-21H,6-14H2,1-5H3,(H,26,30)(H,27,33,34)/t17-,20-,21?/m0/s1. The monoisotopic (exact) mass is 524 g/mol. The maximum absolute atomic E-state index is 13.1. The van der Waals surface area contributed by atoms with Gasteiger partial charge in [0.15, 0.2) is 0 Å². The normalized spacial score (nSPS) is 19.9. The first-order valence-corrected chi connectivity index (χ1v) is 12.9. The van der Waals surface area contributed by atoms with Crippen molar-refractivity contribution in [3.63, 3.8) is 0 Å². The Morgan fingerprint density at radius 3 is 2.19 bits per heavy atom. The molecule has 0 bridgehead atoms. The molecule has 0 aliphatic carbocycles. The van der Waals surface area contributed by atoms with Crippen molar-refractivity contribution in [2.75, 3.05) is 39.5 Å². The largest absolute Gasteiger partial charge is 0.460 e. The summed E-state index contributed by atoms with van der Waals surface area (Å²) < 4.78 is 10.1. The molecule has 37 heavy (non-hydrogen) atoms. The van der Waals surface area contributed by atoms with Gasteiger partial charge >= 0.3 is 5.97 Å². The number of rotatable bonds is 11. The van der Waals surface area contributed by atoms with Crippen LogP contribution in [-0.4, -0.2) is 103 Å². The van der Waals surface area contributed by atoms with E-state index in [1.807, 2.05) is 0 Å². The predicted octanol–water partition coefficient (Wildman–Crippen LogP) is -0.360. The number of carbonyl (C=O) groups is 6. The maximum atomic E-state index is 13.1. The third-order valence-electron chi connectivity index (χ3n) is 6.52. The summed E-state index contributed by atoms with van der Waals surface area (Å²) in [6.07, 6.45) is 0.609. The Kier molecular flexibility index (Phi) is 11.6. The van der Waals surface area contributed by atoms with Crippen LogP contribution in [0.2, 0.25) is 0 Å². The van der Waals surface area contributed by atoms with Crippen LogP contribution >= 0.6 is 0 Å². The van der Waals surface area contributed by atoms with E-state index in [0.717, 1.165) is 0 Å². The van der Waals surface area contributed by atoms with Gasteiger partial charge in [-0.05, 0) is 38.1 Å². The average Bonchev–Trinajstić information content (AvgIpc) is 3.32. The van der Waals surface area contributed by atoms with Gasteiger partial charge in [-0.1, -0.05) is 27.7 Å². The number of hydrogen-bond donors (Lipinski definition) is 2. The Morgan fingerprint density at radius 2 is 1.62 bits per heavy atom. The van der Waals surface area contributed by atoms with Crippen LogP contribution < -0.4 is 10.6 Å². The second kappa shape index (κ2) is 14.2. The molecule has 0 aromatic heterocycles. The van der Waals surface area contributed by atoms with E-state index in [-0.39, 0.29) is 24.3 Å². The Labute approximate surface area is 217 Å². The quantitative estimate of drug-likeness (QED) is 0.210. The van der Waals surface area contributed by atoms with Gasteiger partial charge in [0.2, 0.25) is 23.6 Å². The van der Waals surface area contributed by atoms with Crippen molar-refractivity contribution in [1.29, 1.82) is 0 Å². The molecule has 12 heteroatoms. The number of likely N-dealkylation sites (tertiary alicyclic amines) is 1. The van der Waals surface area contributed by atoms with E-state index >= 15 is 0 Å².